The average molecular weight is 339 g/mol. The van der Waals surface area contributed by atoms with Crippen molar-refractivity contribution < 1.29 is 13.5 Å². The van der Waals surface area contributed by atoms with Gasteiger partial charge in [0.15, 0.2) is 0 Å². The number of nitrogens with one attached hydrogen (secondary N) is 2. The van der Waals surface area contributed by atoms with Gasteiger partial charge in [-0.3, -0.25) is 4.90 Å². The minimum Gasteiger partial charge on any atom is -0.378 e. The van der Waals surface area contributed by atoms with E-state index < -0.39 is 11.6 Å². The van der Waals surface area contributed by atoms with Crippen molar-refractivity contribution in [3.8, 4) is 0 Å². The van der Waals surface area contributed by atoms with Gasteiger partial charge in [0.1, 0.15) is 11.6 Å². The predicted octanol–water partition coefficient (Wildman–Crippen LogP) is 1.48. The number of hydrogen-bond acceptors (Lipinski definition) is 4. The van der Waals surface area contributed by atoms with Gasteiger partial charge < -0.3 is 15.4 Å². The van der Waals surface area contributed by atoms with Crippen LogP contribution in [0.2, 0.25) is 0 Å². The molecule has 6 heteroatoms. The summed E-state index contributed by atoms with van der Waals surface area (Å²) in [6.45, 7) is 6.83. The molecular weight excluding hydrogens is 312 g/mol. The van der Waals surface area contributed by atoms with Gasteiger partial charge in [0, 0.05) is 25.2 Å². The summed E-state index contributed by atoms with van der Waals surface area (Å²) in [6, 6.07) is 5.52. The first-order valence-corrected chi connectivity index (χ1v) is 8.76. The van der Waals surface area contributed by atoms with E-state index in [4.69, 9.17) is 4.74 Å². The van der Waals surface area contributed by atoms with Gasteiger partial charge in [0.25, 0.3) is 0 Å². The molecule has 0 spiro atoms. The summed E-state index contributed by atoms with van der Waals surface area (Å²) in [6.07, 6.45) is 1.25. The van der Waals surface area contributed by atoms with Gasteiger partial charge in [0.2, 0.25) is 0 Å². The van der Waals surface area contributed by atoms with E-state index in [0.29, 0.717) is 12.1 Å². The number of ether oxygens (including phenoxy) is 1. The van der Waals surface area contributed by atoms with Crippen LogP contribution in [0.25, 0.3) is 0 Å². The number of nitrogens with zero attached hydrogens (tertiary/aromatic N) is 1. The highest BCUT2D eigenvalue weighted by atomic mass is 19.1. The molecular formula is C18H27F2N3O. The molecule has 3 heterocycles. The Kier molecular flexibility index (Phi) is 6.16. The predicted molar refractivity (Wildman–Crippen MR) is 89.9 cm³/mol. The number of rotatable bonds is 2. The van der Waals surface area contributed by atoms with Crippen LogP contribution in [0.1, 0.15) is 6.42 Å². The van der Waals surface area contributed by atoms with Gasteiger partial charge in [-0.1, -0.05) is 0 Å². The molecule has 4 nitrogen and oxygen atoms in total. The third kappa shape index (κ3) is 4.51. The first kappa shape index (κ1) is 17.7. The molecule has 4 unspecified atom stereocenters. The van der Waals surface area contributed by atoms with Gasteiger partial charge >= 0.3 is 0 Å². The summed E-state index contributed by atoms with van der Waals surface area (Å²) in [5, 5.41) is 6.84. The SMILES string of the molecule is CNC1COCC(N2CC3CNCC3C2)C1.Fc1ccc(F)cc1. The standard InChI is InChI=1S/C12H23N3O.C6H4F2/c1-13-11-2-12(8-16-7-11)15-5-9-3-14-4-10(9)6-15;7-5-1-2-6(8)4-3-5/h9-14H,2-8H2,1H3;1-4H. The Morgan fingerprint density at radius 1 is 1.04 bits per heavy atom. The van der Waals surface area contributed by atoms with Crippen molar-refractivity contribution in [1.29, 1.82) is 0 Å². The summed E-state index contributed by atoms with van der Waals surface area (Å²) >= 11 is 0. The zero-order valence-corrected chi connectivity index (χ0v) is 14.2. The molecule has 0 aliphatic carbocycles. The molecule has 3 aliphatic rings. The number of hydrogen-bond donors (Lipinski definition) is 2. The molecule has 0 bridgehead atoms. The lowest BCUT2D eigenvalue weighted by molar-refractivity contribution is 0.00628. The topological polar surface area (TPSA) is 36.5 Å². The Labute approximate surface area is 142 Å². The van der Waals surface area contributed by atoms with Crippen LogP contribution in [0, 0.1) is 23.5 Å². The Balaban J connectivity index is 0.000000179. The summed E-state index contributed by atoms with van der Waals surface area (Å²) in [7, 11) is 2.04. The highest BCUT2D eigenvalue weighted by molar-refractivity contribution is 5.04. The van der Waals surface area contributed by atoms with E-state index >= 15 is 0 Å². The van der Waals surface area contributed by atoms with Crippen LogP contribution >= 0.6 is 0 Å². The number of fused-ring (bicyclic) bond motifs is 1. The van der Waals surface area contributed by atoms with E-state index in [1.807, 2.05) is 7.05 Å². The van der Waals surface area contributed by atoms with E-state index in [0.717, 1.165) is 49.3 Å². The lowest BCUT2D eigenvalue weighted by atomic mass is 10.0. The maximum absolute atomic E-state index is 11.9. The Morgan fingerprint density at radius 2 is 1.62 bits per heavy atom. The third-order valence-corrected chi connectivity index (χ3v) is 5.33. The molecule has 3 fully saturated rings. The molecule has 0 radical (unpaired) electrons. The Hall–Kier alpha value is -1.08. The monoisotopic (exact) mass is 339 g/mol. The maximum atomic E-state index is 11.9. The largest absolute Gasteiger partial charge is 0.378 e. The van der Waals surface area contributed by atoms with Crippen molar-refractivity contribution in [3.05, 3.63) is 35.9 Å². The van der Waals surface area contributed by atoms with Crippen LogP contribution in [-0.4, -0.2) is 63.4 Å². The van der Waals surface area contributed by atoms with Crippen LogP contribution < -0.4 is 10.6 Å². The third-order valence-electron chi connectivity index (χ3n) is 5.33. The van der Waals surface area contributed by atoms with E-state index in [1.54, 1.807) is 0 Å². The number of likely N-dealkylation sites (N-methyl/N-ethyl adjacent to an activating group) is 1. The summed E-state index contributed by atoms with van der Waals surface area (Å²) in [5.41, 5.74) is 0. The second-order valence-corrected chi connectivity index (χ2v) is 6.98. The fourth-order valence-corrected chi connectivity index (χ4v) is 3.89. The molecule has 3 saturated heterocycles. The first-order valence-electron chi connectivity index (χ1n) is 8.76. The van der Waals surface area contributed by atoms with Gasteiger partial charge in [0.05, 0.1) is 13.2 Å². The van der Waals surface area contributed by atoms with Gasteiger partial charge in [-0.15, -0.1) is 0 Å². The van der Waals surface area contributed by atoms with Crippen LogP contribution in [0.3, 0.4) is 0 Å². The van der Waals surface area contributed by atoms with E-state index in [9.17, 15) is 8.78 Å². The fraction of sp³-hybridized carbons (Fsp3) is 0.667. The summed E-state index contributed by atoms with van der Waals surface area (Å²) in [4.78, 5) is 2.67. The molecule has 0 aromatic heterocycles. The van der Waals surface area contributed by atoms with Gasteiger partial charge in [-0.05, 0) is 62.7 Å². The second kappa shape index (κ2) is 8.34. The quantitative estimate of drug-likeness (QED) is 0.856. The van der Waals surface area contributed by atoms with Crippen molar-refractivity contribution >= 4 is 0 Å². The molecule has 0 saturated carbocycles. The zero-order valence-electron chi connectivity index (χ0n) is 14.2. The van der Waals surface area contributed by atoms with Crippen molar-refractivity contribution in [2.75, 3.05) is 46.4 Å². The minimum atomic E-state index is -0.411. The van der Waals surface area contributed by atoms with Gasteiger partial charge in [-0.25, -0.2) is 8.78 Å². The number of benzene rings is 1. The first-order chi connectivity index (χ1) is 11.7. The molecule has 4 rings (SSSR count). The minimum absolute atomic E-state index is 0.411. The molecule has 0 amide bonds. The van der Waals surface area contributed by atoms with Crippen molar-refractivity contribution in [3.63, 3.8) is 0 Å². The van der Waals surface area contributed by atoms with E-state index in [2.05, 4.69) is 15.5 Å². The van der Waals surface area contributed by atoms with Crippen LogP contribution in [0.5, 0.6) is 0 Å². The molecule has 24 heavy (non-hydrogen) atoms. The smallest absolute Gasteiger partial charge is 0.123 e. The molecule has 134 valence electrons. The van der Waals surface area contributed by atoms with Crippen LogP contribution in [0.4, 0.5) is 8.78 Å². The van der Waals surface area contributed by atoms with Gasteiger partial charge in [-0.2, -0.15) is 0 Å². The summed E-state index contributed by atoms with van der Waals surface area (Å²) in [5.74, 6) is 0.975. The molecule has 3 aliphatic heterocycles. The number of likely N-dealkylation sites (tertiary alicyclic amines) is 1. The summed E-state index contributed by atoms with van der Waals surface area (Å²) < 4.78 is 29.5. The van der Waals surface area contributed by atoms with E-state index in [1.165, 1.54) is 32.6 Å². The molecule has 1 aromatic rings. The number of halogens is 2. The highest BCUT2D eigenvalue weighted by Crippen LogP contribution is 2.29. The van der Waals surface area contributed by atoms with Crippen LogP contribution in [-0.2, 0) is 4.74 Å². The molecule has 1 aromatic carbocycles. The van der Waals surface area contributed by atoms with E-state index in [-0.39, 0.29) is 0 Å². The Bertz CT molecular complexity index is 478. The normalized spacial score (nSPS) is 33.0. The molecule has 2 N–H and O–H groups in total. The average Bonchev–Trinajstić information content (AvgIpc) is 3.20. The van der Waals surface area contributed by atoms with Crippen LogP contribution in [0.15, 0.2) is 24.3 Å². The van der Waals surface area contributed by atoms with Crippen molar-refractivity contribution in [1.82, 2.24) is 15.5 Å². The van der Waals surface area contributed by atoms with Crippen molar-refractivity contribution in [2.45, 2.75) is 18.5 Å². The highest BCUT2D eigenvalue weighted by Gasteiger charge is 2.39. The fourth-order valence-electron chi connectivity index (χ4n) is 3.89. The Morgan fingerprint density at radius 3 is 2.17 bits per heavy atom. The lowest BCUT2D eigenvalue weighted by Gasteiger charge is -2.35. The van der Waals surface area contributed by atoms with Crippen molar-refractivity contribution in [2.24, 2.45) is 11.8 Å². The maximum Gasteiger partial charge on any atom is 0.123 e. The lowest BCUT2D eigenvalue weighted by Crippen LogP contribution is -2.48. The molecule has 4 atom stereocenters. The zero-order chi connectivity index (χ0) is 16.9. The second-order valence-electron chi connectivity index (χ2n) is 6.98.